The molecule has 21 heavy (non-hydrogen) atoms. The van der Waals surface area contributed by atoms with Crippen LogP contribution in [0.5, 0.6) is 0 Å². The van der Waals surface area contributed by atoms with Gasteiger partial charge in [0.05, 0.1) is 4.90 Å². The SMILES string of the molecule is CC(=O)N1CCc2c1cc(C)c(S(=O)(=O)C[N+](=O)[O-])c2C. The van der Waals surface area contributed by atoms with Crippen LogP contribution in [0.3, 0.4) is 0 Å². The highest BCUT2D eigenvalue weighted by atomic mass is 32.2. The summed E-state index contributed by atoms with van der Waals surface area (Å²) in [5.74, 6) is -1.22. The van der Waals surface area contributed by atoms with Gasteiger partial charge >= 0.3 is 5.88 Å². The molecule has 1 aliphatic rings. The van der Waals surface area contributed by atoms with Gasteiger partial charge < -0.3 is 4.90 Å². The predicted octanol–water partition coefficient (Wildman–Crippen LogP) is 1.22. The average Bonchev–Trinajstić information content (AvgIpc) is 2.70. The Labute approximate surface area is 122 Å². The molecule has 2 rings (SSSR count). The molecular weight excluding hydrogens is 296 g/mol. The van der Waals surface area contributed by atoms with Crippen LogP contribution < -0.4 is 4.90 Å². The lowest BCUT2D eigenvalue weighted by molar-refractivity contribution is -0.458. The van der Waals surface area contributed by atoms with Gasteiger partial charge in [-0.05, 0) is 43.0 Å². The molecule has 1 amide bonds. The Bertz CT molecular complexity index is 739. The van der Waals surface area contributed by atoms with E-state index in [2.05, 4.69) is 0 Å². The lowest BCUT2D eigenvalue weighted by atomic mass is 10.0. The Morgan fingerprint density at radius 1 is 1.43 bits per heavy atom. The maximum atomic E-state index is 12.2. The van der Waals surface area contributed by atoms with Crippen LogP contribution in [0.4, 0.5) is 5.69 Å². The molecule has 114 valence electrons. The van der Waals surface area contributed by atoms with Gasteiger partial charge in [-0.15, -0.1) is 0 Å². The third-order valence-corrected chi connectivity index (χ3v) is 5.46. The second kappa shape index (κ2) is 5.10. The van der Waals surface area contributed by atoms with Crippen LogP contribution in [0.1, 0.15) is 23.6 Å². The highest BCUT2D eigenvalue weighted by Crippen LogP contribution is 2.36. The molecule has 0 fully saturated rings. The fourth-order valence-electron chi connectivity index (χ4n) is 2.89. The molecule has 1 aliphatic heterocycles. The molecule has 0 spiro atoms. The number of nitrogens with zero attached hydrogens (tertiary/aromatic N) is 2. The first-order valence-corrected chi connectivity index (χ1v) is 8.06. The summed E-state index contributed by atoms with van der Waals surface area (Å²) in [6.45, 7) is 5.19. The lowest BCUT2D eigenvalue weighted by Gasteiger charge is -2.18. The molecule has 0 N–H and O–H groups in total. The van der Waals surface area contributed by atoms with Crippen LogP contribution in [0.15, 0.2) is 11.0 Å². The number of aryl methyl sites for hydroxylation is 1. The maximum absolute atomic E-state index is 12.2. The van der Waals surface area contributed by atoms with Gasteiger partial charge in [0.2, 0.25) is 15.7 Å². The fraction of sp³-hybridized carbons (Fsp3) is 0.462. The monoisotopic (exact) mass is 312 g/mol. The van der Waals surface area contributed by atoms with Crippen LogP contribution in [0, 0.1) is 24.0 Å². The van der Waals surface area contributed by atoms with Crippen molar-refractivity contribution < 1.29 is 18.1 Å². The minimum absolute atomic E-state index is 0.0170. The quantitative estimate of drug-likeness (QED) is 0.617. The van der Waals surface area contributed by atoms with Crippen molar-refractivity contribution >= 4 is 21.4 Å². The van der Waals surface area contributed by atoms with E-state index in [1.807, 2.05) is 0 Å². The fourth-order valence-corrected chi connectivity index (χ4v) is 4.44. The topological polar surface area (TPSA) is 97.6 Å². The summed E-state index contributed by atoms with van der Waals surface area (Å²) in [7, 11) is -3.98. The largest absolute Gasteiger partial charge is 0.312 e. The van der Waals surface area contributed by atoms with Crippen LogP contribution >= 0.6 is 0 Å². The molecule has 0 saturated carbocycles. The van der Waals surface area contributed by atoms with Crippen molar-refractivity contribution in [2.45, 2.75) is 32.1 Å². The first kappa shape index (κ1) is 15.4. The number of carbonyl (C=O) groups is 1. The number of rotatable bonds is 3. The van der Waals surface area contributed by atoms with Gasteiger partial charge in [0.15, 0.2) is 0 Å². The van der Waals surface area contributed by atoms with Crippen molar-refractivity contribution in [3.8, 4) is 0 Å². The number of anilines is 1. The normalized spacial score (nSPS) is 14.1. The van der Waals surface area contributed by atoms with Gasteiger partial charge in [0.1, 0.15) is 0 Å². The second-order valence-corrected chi connectivity index (χ2v) is 7.04. The highest BCUT2D eigenvalue weighted by molar-refractivity contribution is 7.91. The smallest absolute Gasteiger partial charge is 0.305 e. The Morgan fingerprint density at radius 3 is 2.57 bits per heavy atom. The van der Waals surface area contributed by atoms with E-state index >= 15 is 0 Å². The second-order valence-electron chi connectivity index (χ2n) is 5.14. The number of amides is 1. The maximum Gasteiger partial charge on any atom is 0.305 e. The minimum Gasteiger partial charge on any atom is -0.312 e. The summed E-state index contributed by atoms with van der Waals surface area (Å²) in [5.41, 5.74) is 2.42. The van der Waals surface area contributed by atoms with Crippen molar-refractivity contribution in [2.75, 3.05) is 17.3 Å². The summed E-state index contributed by atoms with van der Waals surface area (Å²) in [6.07, 6.45) is 0.558. The summed E-state index contributed by atoms with van der Waals surface area (Å²) < 4.78 is 24.4. The number of carbonyl (C=O) groups excluding carboxylic acids is 1. The first-order chi connectivity index (χ1) is 9.65. The van der Waals surface area contributed by atoms with E-state index in [-0.39, 0.29) is 10.8 Å². The number of nitro groups is 1. The Morgan fingerprint density at radius 2 is 2.05 bits per heavy atom. The number of benzene rings is 1. The molecular formula is C13H16N2O5S. The zero-order valence-corrected chi connectivity index (χ0v) is 12.9. The third kappa shape index (κ3) is 2.63. The number of hydrogen-bond donors (Lipinski definition) is 0. The van der Waals surface area contributed by atoms with E-state index in [9.17, 15) is 23.3 Å². The Hall–Kier alpha value is -1.96. The van der Waals surface area contributed by atoms with Crippen molar-refractivity contribution in [1.29, 1.82) is 0 Å². The van der Waals surface area contributed by atoms with Crippen molar-refractivity contribution in [2.24, 2.45) is 0 Å². The molecule has 0 saturated heterocycles. The van der Waals surface area contributed by atoms with Crippen LogP contribution in [-0.4, -0.2) is 31.7 Å². The molecule has 0 unspecified atom stereocenters. The molecule has 0 aromatic heterocycles. The molecule has 1 aromatic carbocycles. The summed E-state index contributed by atoms with van der Waals surface area (Å²) in [6, 6.07) is 1.63. The third-order valence-electron chi connectivity index (χ3n) is 3.66. The van der Waals surface area contributed by atoms with E-state index in [0.29, 0.717) is 29.8 Å². The molecule has 7 nitrogen and oxygen atoms in total. The van der Waals surface area contributed by atoms with E-state index < -0.39 is 20.6 Å². The summed E-state index contributed by atoms with van der Waals surface area (Å²) in [5, 5.41) is 10.6. The molecule has 0 atom stereocenters. The predicted molar refractivity (Wildman–Crippen MR) is 76.7 cm³/mol. The number of hydrogen-bond acceptors (Lipinski definition) is 5. The van der Waals surface area contributed by atoms with E-state index in [1.54, 1.807) is 24.8 Å². The lowest BCUT2D eigenvalue weighted by Crippen LogP contribution is -2.26. The summed E-state index contributed by atoms with van der Waals surface area (Å²) in [4.78, 5) is 22.9. The zero-order chi connectivity index (χ0) is 15.9. The highest BCUT2D eigenvalue weighted by Gasteiger charge is 2.31. The van der Waals surface area contributed by atoms with Gasteiger partial charge in [-0.3, -0.25) is 14.9 Å². The molecule has 0 aliphatic carbocycles. The van der Waals surface area contributed by atoms with Gasteiger partial charge in [0.25, 0.3) is 0 Å². The van der Waals surface area contributed by atoms with Crippen molar-refractivity contribution in [3.05, 3.63) is 32.9 Å². The molecule has 0 bridgehead atoms. The van der Waals surface area contributed by atoms with Crippen molar-refractivity contribution in [1.82, 2.24) is 0 Å². The number of sulfone groups is 1. The molecule has 8 heteroatoms. The van der Waals surface area contributed by atoms with Crippen LogP contribution in [0.25, 0.3) is 0 Å². The average molecular weight is 312 g/mol. The minimum atomic E-state index is -3.98. The zero-order valence-electron chi connectivity index (χ0n) is 12.0. The molecule has 1 heterocycles. The van der Waals surface area contributed by atoms with Gasteiger partial charge in [-0.1, -0.05) is 0 Å². The Kier molecular flexibility index (Phi) is 3.75. The number of fused-ring (bicyclic) bond motifs is 1. The Balaban J connectivity index is 2.63. The standard InChI is InChI=1S/C13H16N2O5S/c1-8-6-12-11(4-5-14(12)10(3)16)9(2)13(8)21(19,20)7-15(17)18/h6H,4-5,7H2,1-3H3. The van der Waals surface area contributed by atoms with Gasteiger partial charge in [0, 0.05) is 24.1 Å². The van der Waals surface area contributed by atoms with Gasteiger partial charge in [-0.2, -0.15) is 0 Å². The first-order valence-electron chi connectivity index (χ1n) is 6.41. The van der Waals surface area contributed by atoms with Crippen LogP contribution in [-0.2, 0) is 21.1 Å². The van der Waals surface area contributed by atoms with Crippen LogP contribution in [0.2, 0.25) is 0 Å². The van der Waals surface area contributed by atoms with Crippen molar-refractivity contribution in [3.63, 3.8) is 0 Å². The van der Waals surface area contributed by atoms with E-state index in [4.69, 9.17) is 0 Å². The summed E-state index contributed by atoms with van der Waals surface area (Å²) >= 11 is 0. The molecule has 1 aromatic rings. The molecule has 0 radical (unpaired) electrons. The van der Waals surface area contributed by atoms with E-state index in [1.165, 1.54) is 6.92 Å². The van der Waals surface area contributed by atoms with E-state index in [0.717, 1.165) is 5.56 Å². The van der Waals surface area contributed by atoms with Gasteiger partial charge in [-0.25, -0.2) is 8.42 Å².